The minimum atomic E-state index is -0.871. The maximum Gasteiger partial charge on any atom is 0.303 e. The number of carboxylic acid groups (broad SMARTS) is 1. The lowest BCUT2D eigenvalue weighted by molar-refractivity contribution is -0.137. The summed E-state index contributed by atoms with van der Waals surface area (Å²) in [6.45, 7) is 2.79. The molecule has 1 aromatic heterocycles. The lowest BCUT2D eigenvalue weighted by atomic mass is 9.87. The van der Waals surface area contributed by atoms with E-state index in [4.69, 9.17) is 11.6 Å². The van der Waals surface area contributed by atoms with Crippen molar-refractivity contribution in [3.05, 3.63) is 40.2 Å². The molecule has 184 valence electrons. The highest BCUT2D eigenvalue weighted by molar-refractivity contribution is 6.33. The summed E-state index contributed by atoms with van der Waals surface area (Å²) in [4.78, 5) is 24.3. The van der Waals surface area contributed by atoms with Crippen LogP contribution in [0.5, 0.6) is 0 Å². The number of aryl methyl sites for hydroxylation is 2. The second kappa shape index (κ2) is 11.3. The topological polar surface area (TPSA) is 97.1 Å². The Kier molecular flexibility index (Phi) is 8.24. The number of halogens is 1. The molecule has 0 bridgehead atoms. The van der Waals surface area contributed by atoms with Crippen LogP contribution in [0, 0.1) is 12.8 Å². The highest BCUT2D eigenvalue weighted by Gasteiger charge is 2.35. The number of aliphatic carboxylic acids is 1. The fourth-order valence-corrected chi connectivity index (χ4v) is 5.41. The van der Waals surface area contributed by atoms with E-state index in [-0.39, 0.29) is 24.7 Å². The summed E-state index contributed by atoms with van der Waals surface area (Å²) in [6, 6.07) is 5.49. The van der Waals surface area contributed by atoms with Crippen molar-refractivity contribution in [2.45, 2.75) is 95.9 Å². The zero-order chi connectivity index (χ0) is 24.1. The third-order valence-electron chi connectivity index (χ3n) is 7.16. The van der Waals surface area contributed by atoms with Crippen molar-refractivity contribution in [3.63, 3.8) is 0 Å². The molecule has 34 heavy (non-hydrogen) atoms. The van der Waals surface area contributed by atoms with Gasteiger partial charge in [-0.3, -0.25) is 9.59 Å². The van der Waals surface area contributed by atoms with Crippen LogP contribution in [0.2, 0.25) is 5.02 Å². The minimum Gasteiger partial charge on any atom is -0.481 e. The van der Waals surface area contributed by atoms with Crippen LogP contribution in [-0.2, 0) is 16.1 Å². The van der Waals surface area contributed by atoms with Gasteiger partial charge in [-0.1, -0.05) is 55.0 Å². The molecular formula is C26H35ClN4O3. The molecule has 2 fully saturated rings. The number of rotatable bonds is 11. The van der Waals surface area contributed by atoms with E-state index in [2.05, 4.69) is 15.6 Å². The van der Waals surface area contributed by atoms with E-state index in [1.165, 1.54) is 32.1 Å². The molecule has 0 spiro atoms. The number of anilines is 1. The average molecular weight is 487 g/mol. The Morgan fingerprint density at radius 2 is 1.97 bits per heavy atom. The molecule has 2 N–H and O–H groups in total. The first-order valence-corrected chi connectivity index (χ1v) is 13.0. The van der Waals surface area contributed by atoms with Crippen molar-refractivity contribution in [2.75, 3.05) is 5.32 Å². The third-order valence-corrected chi connectivity index (χ3v) is 7.48. The first-order chi connectivity index (χ1) is 16.4. The van der Waals surface area contributed by atoms with E-state index in [1.807, 2.05) is 23.7 Å². The van der Waals surface area contributed by atoms with E-state index >= 15 is 0 Å². The number of nitrogens with zero attached hydrogens (tertiary/aromatic N) is 3. The van der Waals surface area contributed by atoms with E-state index in [1.54, 1.807) is 6.07 Å². The fourth-order valence-electron chi connectivity index (χ4n) is 5.13. The molecule has 1 aromatic carbocycles. The molecule has 4 rings (SSSR count). The first kappa shape index (κ1) is 24.7. The number of hydrogen-bond acceptors (Lipinski definition) is 4. The standard InChI is InChI=1S/C26H35ClN4O3/c1-17-7-11-22(21(27)15-17)28-23(32)16-20(10-12-24(33)34)25-26(19-8-9-19)31(30-29-25)14-13-18-5-3-2-4-6-18/h7,11,15,18-20H,2-6,8-10,12-14,16H2,1H3,(H,28,32)(H,33,34)/t20-/m0/s1. The molecule has 1 heterocycles. The Morgan fingerprint density at radius 3 is 2.65 bits per heavy atom. The summed E-state index contributed by atoms with van der Waals surface area (Å²) in [7, 11) is 0. The summed E-state index contributed by atoms with van der Waals surface area (Å²) >= 11 is 6.29. The SMILES string of the molecule is Cc1ccc(NC(=O)C[C@H](CCC(=O)O)c2nnn(CCC3CCCCC3)c2C2CC2)c(Cl)c1. The van der Waals surface area contributed by atoms with E-state index < -0.39 is 5.97 Å². The molecule has 2 aromatic rings. The van der Waals surface area contributed by atoms with Gasteiger partial charge in [-0.25, -0.2) is 4.68 Å². The second-order valence-corrected chi connectivity index (χ2v) is 10.4. The molecule has 2 aliphatic rings. The monoisotopic (exact) mass is 486 g/mol. The van der Waals surface area contributed by atoms with E-state index in [9.17, 15) is 14.7 Å². The summed E-state index contributed by atoms with van der Waals surface area (Å²) in [6.07, 6.45) is 10.4. The van der Waals surface area contributed by atoms with Gasteiger partial charge in [0.1, 0.15) is 0 Å². The number of carbonyl (C=O) groups excluding carboxylic acids is 1. The normalized spacial score (nSPS) is 17.5. The van der Waals surface area contributed by atoms with Crippen LogP contribution in [0.25, 0.3) is 0 Å². The Morgan fingerprint density at radius 1 is 1.21 bits per heavy atom. The Hall–Kier alpha value is -2.41. The van der Waals surface area contributed by atoms with Crippen molar-refractivity contribution >= 4 is 29.2 Å². The molecule has 0 radical (unpaired) electrons. The van der Waals surface area contributed by atoms with Crippen molar-refractivity contribution in [1.82, 2.24) is 15.0 Å². The molecule has 1 atom stereocenters. The van der Waals surface area contributed by atoms with Gasteiger partial charge >= 0.3 is 5.97 Å². The van der Waals surface area contributed by atoms with E-state index in [0.717, 1.165) is 48.7 Å². The fraction of sp³-hybridized carbons (Fsp3) is 0.615. The third kappa shape index (κ3) is 6.59. The van der Waals surface area contributed by atoms with Crippen LogP contribution in [0.4, 0.5) is 5.69 Å². The number of carbonyl (C=O) groups is 2. The van der Waals surface area contributed by atoms with Crippen molar-refractivity contribution < 1.29 is 14.7 Å². The molecule has 8 heteroatoms. The lowest BCUT2D eigenvalue weighted by Crippen LogP contribution is -2.18. The second-order valence-electron chi connectivity index (χ2n) is 10.0. The summed E-state index contributed by atoms with van der Waals surface area (Å²) < 4.78 is 2.05. The Balaban J connectivity index is 1.49. The Bertz CT molecular complexity index is 1010. The van der Waals surface area contributed by atoms with Crippen molar-refractivity contribution in [1.29, 1.82) is 0 Å². The van der Waals surface area contributed by atoms with Gasteiger partial charge in [0.15, 0.2) is 0 Å². The molecule has 0 unspecified atom stereocenters. The quantitative estimate of drug-likeness (QED) is 0.402. The predicted octanol–water partition coefficient (Wildman–Crippen LogP) is 6.06. The summed E-state index contributed by atoms with van der Waals surface area (Å²) in [5.74, 6) is -0.191. The van der Waals surface area contributed by atoms with Crippen molar-refractivity contribution in [3.8, 4) is 0 Å². The van der Waals surface area contributed by atoms with Crippen LogP contribution in [0.3, 0.4) is 0 Å². The zero-order valence-electron chi connectivity index (χ0n) is 19.9. The van der Waals surface area contributed by atoms with Crippen LogP contribution in [0.1, 0.15) is 99.4 Å². The summed E-state index contributed by atoms with van der Waals surface area (Å²) in [5.41, 5.74) is 3.50. The number of aromatic nitrogens is 3. The maximum atomic E-state index is 12.9. The Labute approximate surface area is 206 Å². The smallest absolute Gasteiger partial charge is 0.303 e. The highest BCUT2D eigenvalue weighted by Crippen LogP contribution is 2.44. The number of amides is 1. The largest absolute Gasteiger partial charge is 0.481 e. The lowest BCUT2D eigenvalue weighted by Gasteiger charge is -2.21. The van der Waals surface area contributed by atoms with Crippen LogP contribution in [-0.4, -0.2) is 32.0 Å². The molecule has 0 aliphatic heterocycles. The molecule has 0 saturated heterocycles. The summed E-state index contributed by atoms with van der Waals surface area (Å²) in [5, 5.41) is 21.7. The highest BCUT2D eigenvalue weighted by atomic mass is 35.5. The maximum absolute atomic E-state index is 12.9. The minimum absolute atomic E-state index is 0.0116. The molecule has 7 nitrogen and oxygen atoms in total. The number of hydrogen-bond donors (Lipinski definition) is 2. The van der Waals surface area contributed by atoms with Gasteiger partial charge in [-0.2, -0.15) is 0 Å². The van der Waals surface area contributed by atoms with E-state index in [0.29, 0.717) is 23.0 Å². The van der Waals surface area contributed by atoms with Gasteiger partial charge in [-0.05, 0) is 56.2 Å². The average Bonchev–Trinajstić information content (AvgIpc) is 3.56. The van der Waals surface area contributed by atoms with Crippen LogP contribution in [0.15, 0.2) is 18.2 Å². The zero-order valence-corrected chi connectivity index (χ0v) is 20.7. The number of benzene rings is 1. The van der Waals surface area contributed by atoms with Gasteiger partial charge in [0.05, 0.1) is 22.1 Å². The van der Waals surface area contributed by atoms with Crippen molar-refractivity contribution in [2.24, 2.45) is 5.92 Å². The molecule has 1 amide bonds. The number of carboxylic acids is 1. The number of nitrogens with one attached hydrogen (secondary N) is 1. The first-order valence-electron chi connectivity index (χ1n) is 12.6. The van der Waals surface area contributed by atoms with Gasteiger partial charge in [0.25, 0.3) is 0 Å². The van der Waals surface area contributed by atoms with Crippen LogP contribution < -0.4 is 5.32 Å². The predicted molar refractivity (Wildman–Crippen MR) is 132 cm³/mol. The molecular weight excluding hydrogens is 452 g/mol. The van der Waals surface area contributed by atoms with Gasteiger partial charge in [0, 0.05) is 31.2 Å². The van der Waals surface area contributed by atoms with Gasteiger partial charge in [-0.15, -0.1) is 5.10 Å². The van der Waals surface area contributed by atoms with Crippen LogP contribution >= 0.6 is 11.6 Å². The molecule has 2 aliphatic carbocycles. The molecule has 2 saturated carbocycles. The van der Waals surface area contributed by atoms with Gasteiger partial charge in [0.2, 0.25) is 5.91 Å². The van der Waals surface area contributed by atoms with Gasteiger partial charge < -0.3 is 10.4 Å².